The minimum Gasteiger partial charge on any atom is -0.453 e. The summed E-state index contributed by atoms with van der Waals surface area (Å²) in [4.78, 5) is 59.7. The van der Waals surface area contributed by atoms with E-state index in [2.05, 4.69) is 63.9 Å². The molecule has 4 heterocycles. The van der Waals surface area contributed by atoms with Crippen molar-refractivity contribution >= 4 is 40.9 Å². The van der Waals surface area contributed by atoms with Gasteiger partial charge in [0.25, 0.3) is 0 Å². The number of aliphatic hydroxyl groups is 1. The number of methoxy groups -OCH3 is 3. The molecule has 2 aromatic carbocycles. The molecule has 14 heteroatoms. The first-order valence-electron chi connectivity index (χ1n) is 20.0. The molecule has 58 heavy (non-hydrogen) atoms. The number of allylic oxidation sites excluding steroid dienone is 2. The summed E-state index contributed by atoms with van der Waals surface area (Å²) in [6, 6.07) is 14.8. The number of ether oxygens (including phenoxy) is 4. The van der Waals surface area contributed by atoms with E-state index in [9.17, 15) is 24.3 Å². The largest absolute Gasteiger partial charge is 0.453 e. The van der Waals surface area contributed by atoms with Crippen molar-refractivity contribution in [1.82, 2.24) is 20.4 Å². The normalized spacial score (nSPS) is 22.3. The quantitative estimate of drug-likeness (QED) is 0.272. The summed E-state index contributed by atoms with van der Waals surface area (Å²) in [5.74, 6) is -0.528. The molecule has 3 N–H and O–H groups in total. The van der Waals surface area contributed by atoms with Crippen LogP contribution >= 0.6 is 0 Å². The third-order valence-corrected chi connectivity index (χ3v) is 12.2. The second-order valence-corrected chi connectivity index (χ2v) is 15.5. The monoisotopic (exact) mass is 795 g/mol. The van der Waals surface area contributed by atoms with E-state index in [1.54, 1.807) is 11.8 Å². The molecule has 0 aromatic heterocycles. The first-order valence-corrected chi connectivity index (χ1v) is 20.0. The van der Waals surface area contributed by atoms with Gasteiger partial charge in [-0.1, -0.05) is 48.5 Å². The molecule has 308 valence electrons. The predicted octanol–water partition coefficient (Wildman–Crippen LogP) is 4.87. The van der Waals surface area contributed by atoms with Gasteiger partial charge in [-0.2, -0.15) is 0 Å². The molecule has 1 aliphatic carbocycles. The van der Waals surface area contributed by atoms with Crippen LogP contribution in [0.2, 0.25) is 0 Å². The van der Waals surface area contributed by atoms with Crippen LogP contribution in [0.4, 0.5) is 9.59 Å². The molecular formula is C44H53N5O9. The number of nitrogens with one attached hydrogen (secondary N) is 2. The maximum Gasteiger partial charge on any atom is 0.407 e. The van der Waals surface area contributed by atoms with Crippen molar-refractivity contribution < 1.29 is 43.2 Å². The Kier molecular flexibility index (Phi) is 12.5. The van der Waals surface area contributed by atoms with Gasteiger partial charge in [0.1, 0.15) is 12.1 Å². The fraction of sp³-hybridized carbons (Fsp3) is 0.477. The number of amides is 4. The maximum absolute atomic E-state index is 13.9. The molecule has 6 atom stereocenters. The van der Waals surface area contributed by atoms with Gasteiger partial charge in [-0.3, -0.25) is 14.6 Å². The lowest BCUT2D eigenvalue weighted by atomic mass is 9.94. The zero-order valence-corrected chi connectivity index (χ0v) is 33.8. The van der Waals surface area contributed by atoms with Crippen LogP contribution in [0.1, 0.15) is 63.5 Å². The van der Waals surface area contributed by atoms with Gasteiger partial charge in [0, 0.05) is 38.5 Å². The highest BCUT2D eigenvalue weighted by Crippen LogP contribution is 2.46. The summed E-state index contributed by atoms with van der Waals surface area (Å²) in [6.07, 6.45) is 3.44. The molecule has 5 aliphatic rings. The molecule has 3 fully saturated rings. The number of aliphatic hydroxyl groups excluding tert-OH is 1. The van der Waals surface area contributed by atoms with Gasteiger partial charge in [0.15, 0.2) is 0 Å². The van der Waals surface area contributed by atoms with Crippen LogP contribution in [0.5, 0.6) is 0 Å². The molecule has 14 nitrogen and oxygen atoms in total. The van der Waals surface area contributed by atoms with Gasteiger partial charge in [-0.05, 0) is 96.1 Å². The number of aliphatic imine (C=N–C) groups is 1. The lowest BCUT2D eigenvalue weighted by Gasteiger charge is -2.32. The second kappa shape index (κ2) is 17.7. The highest BCUT2D eigenvalue weighted by Gasteiger charge is 2.42. The molecular weight excluding hydrogens is 743 g/mol. The van der Waals surface area contributed by atoms with Gasteiger partial charge in [-0.25, -0.2) is 9.59 Å². The van der Waals surface area contributed by atoms with E-state index < -0.39 is 36.5 Å². The summed E-state index contributed by atoms with van der Waals surface area (Å²) in [6.45, 7) is 5.42. The zero-order valence-electron chi connectivity index (χ0n) is 33.8. The van der Waals surface area contributed by atoms with Crippen LogP contribution in [0.15, 0.2) is 76.4 Å². The molecule has 0 bridgehead atoms. The van der Waals surface area contributed by atoms with Crippen molar-refractivity contribution in [2.24, 2.45) is 4.99 Å². The summed E-state index contributed by atoms with van der Waals surface area (Å²) >= 11 is 0. The summed E-state index contributed by atoms with van der Waals surface area (Å²) in [5.41, 5.74) is 11.2. The van der Waals surface area contributed by atoms with Crippen molar-refractivity contribution in [1.29, 1.82) is 0 Å². The molecule has 2 aromatic rings. The number of alkyl carbamates (subject to hydrolysis) is 2. The highest BCUT2D eigenvalue weighted by atomic mass is 16.5. The number of hydrogen-bond donors (Lipinski definition) is 3. The number of carbonyl (C=O) groups is 4. The van der Waals surface area contributed by atoms with Crippen LogP contribution < -0.4 is 10.6 Å². The zero-order chi connectivity index (χ0) is 41.1. The molecule has 4 amide bonds. The number of nitrogens with zero attached hydrogens (tertiary/aromatic N) is 3. The van der Waals surface area contributed by atoms with Crippen LogP contribution in [0, 0.1) is 0 Å². The number of benzene rings is 2. The van der Waals surface area contributed by atoms with Crippen molar-refractivity contribution in [2.75, 3.05) is 47.6 Å². The van der Waals surface area contributed by atoms with Crippen molar-refractivity contribution in [3.05, 3.63) is 82.6 Å². The minimum absolute atomic E-state index is 0.0886. The Bertz CT molecular complexity index is 2040. The third kappa shape index (κ3) is 8.18. The fourth-order valence-electron chi connectivity index (χ4n) is 8.96. The lowest BCUT2D eigenvalue weighted by Crippen LogP contribution is -2.55. The Hall–Kier alpha value is -5.31. The maximum atomic E-state index is 13.9. The molecule has 4 aliphatic heterocycles. The molecule has 0 saturated carbocycles. The van der Waals surface area contributed by atoms with Crippen LogP contribution in [-0.4, -0.2) is 129 Å². The van der Waals surface area contributed by atoms with E-state index in [0.717, 1.165) is 65.6 Å². The minimum atomic E-state index is -1.11. The van der Waals surface area contributed by atoms with Crippen molar-refractivity contribution in [3.63, 3.8) is 0 Å². The lowest BCUT2D eigenvalue weighted by molar-refractivity contribution is -0.137. The standard InChI is InChI=1S/C44H53N5O9/c1-25(50)39(46-43(53)56-4)41(51)49-19-7-9-38(49)36-20-31(22-45-36)29-12-10-27(11-13-29)28-14-16-30(17-15-28)32-21-33(35-24-58-23-34(32)35)37-8-6-18-48(37)42(52)40(26(2)55-3)47-44(54)57-5/h10-17,22,25-26,37-40,50H,6-9,18-21,23-24H2,1-5H3,(H,46,53)(H,47,54)/t25-,26-,37+,38+,39+,40+/m1/s1. The SMILES string of the molecule is COC(=O)N[C@H](C(=O)N1CCC[C@H]1C1=NC=C(c2ccc(-c3ccc(C4=C5COCC5=C([C@@H]5CCCN5C(=O)[C@@H](NC(=O)OC)[C@@H](C)OC)C4)cc3)cc2)C1)[C@@H](C)O. The second-order valence-electron chi connectivity index (χ2n) is 15.5. The van der Waals surface area contributed by atoms with Gasteiger partial charge in [0.05, 0.1) is 51.7 Å². The summed E-state index contributed by atoms with van der Waals surface area (Å²) < 4.78 is 20.9. The molecule has 3 saturated heterocycles. The predicted molar refractivity (Wildman–Crippen MR) is 218 cm³/mol. The van der Waals surface area contributed by atoms with Gasteiger partial charge in [-0.15, -0.1) is 0 Å². The molecule has 0 spiro atoms. The number of fused-ring (bicyclic) bond motifs is 1. The van der Waals surface area contributed by atoms with Crippen LogP contribution in [-0.2, 0) is 28.5 Å². The Labute approximate surface area is 338 Å². The number of hydrogen-bond acceptors (Lipinski definition) is 10. The van der Waals surface area contributed by atoms with E-state index in [0.29, 0.717) is 32.7 Å². The number of likely N-dealkylation sites (tertiary alicyclic amines) is 2. The Balaban J connectivity index is 0.994. The Morgan fingerprint density at radius 2 is 1.26 bits per heavy atom. The molecule has 0 radical (unpaired) electrons. The van der Waals surface area contributed by atoms with E-state index >= 15 is 0 Å². The first-order chi connectivity index (χ1) is 28.0. The Morgan fingerprint density at radius 3 is 1.86 bits per heavy atom. The number of rotatable bonds is 12. The fourth-order valence-corrected chi connectivity index (χ4v) is 8.96. The Morgan fingerprint density at radius 1 is 0.724 bits per heavy atom. The highest BCUT2D eigenvalue weighted by molar-refractivity contribution is 6.04. The van der Waals surface area contributed by atoms with E-state index in [1.165, 1.54) is 50.5 Å². The van der Waals surface area contributed by atoms with E-state index in [1.807, 2.05) is 11.1 Å². The summed E-state index contributed by atoms with van der Waals surface area (Å²) in [5, 5.41) is 15.4. The number of carbonyl (C=O) groups excluding carboxylic acids is 4. The van der Waals surface area contributed by atoms with Gasteiger partial charge in [0.2, 0.25) is 11.8 Å². The summed E-state index contributed by atoms with van der Waals surface area (Å²) in [7, 11) is 4.02. The van der Waals surface area contributed by atoms with E-state index in [-0.39, 0.29) is 23.9 Å². The van der Waals surface area contributed by atoms with Gasteiger partial charge < -0.3 is 44.5 Å². The van der Waals surface area contributed by atoms with Crippen LogP contribution in [0.3, 0.4) is 0 Å². The van der Waals surface area contributed by atoms with Crippen molar-refractivity contribution in [3.8, 4) is 11.1 Å². The smallest absolute Gasteiger partial charge is 0.407 e. The third-order valence-electron chi connectivity index (χ3n) is 12.2. The first kappa shape index (κ1) is 40.9. The van der Waals surface area contributed by atoms with Crippen LogP contribution in [0.25, 0.3) is 22.3 Å². The topological polar surface area (TPSA) is 168 Å². The van der Waals surface area contributed by atoms with Crippen molar-refractivity contribution in [2.45, 2.75) is 88.7 Å². The molecule has 7 rings (SSSR count). The average Bonchev–Trinajstić information content (AvgIpc) is 4.10. The molecule has 0 unspecified atom stereocenters. The van der Waals surface area contributed by atoms with E-state index in [4.69, 9.17) is 19.2 Å². The average molecular weight is 796 g/mol. The van der Waals surface area contributed by atoms with Gasteiger partial charge >= 0.3 is 12.2 Å².